The number of aromatic nitrogens is 3. The summed E-state index contributed by atoms with van der Waals surface area (Å²) in [6, 6.07) is 60.4. The smallest absolute Gasteiger partial charge is 0.323 e. The van der Waals surface area contributed by atoms with Crippen LogP contribution in [0.5, 0.6) is 69.0 Å². The van der Waals surface area contributed by atoms with Gasteiger partial charge >= 0.3 is 17.9 Å². The molecule has 0 fully saturated rings. The average Bonchev–Trinajstić information content (AvgIpc) is 0.809. The predicted molar refractivity (Wildman–Crippen MR) is 492 cm³/mol. The summed E-state index contributed by atoms with van der Waals surface area (Å²) in [7, 11) is 0. The number of aliphatic carboxylic acids is 3. The standard InChI is InChI=1S/C35H35N3O8.C34H33N3O8.C32H28ClN3O8/c1-22(2)28-14-26(18-37-29(19-39)35(41)42)31(45-20-24-6-3-5-23(13-24)17-36)16-32(28)46-21-25-7-4-10-38(34(25)40)27-8-9-30-33(15-27)44-12-11-43-30;1-2-24-14-26(18-36-28(19-38)34(40)41)31(44-20-23-6-3-5-22(13-23)17-35)16-30(24)45-21-25-7-4-10-37(33(25)39)27-8-9-29-32(15-27)43-12-11-42-29;33-25-12-23(16-35-26(17-37)32(39)40)28(43-18-21-4-1-3-20(11-21)15-34)14-29(25)44-19-22-5-2-8-36(31(22)38)24-6-7-27-30(13-24)42-10-9-41-27/h3-10,13-16,22,29,37,39H,11-12,18-21H2,1-2H3,(H,41,42);3-10,13-16,28,36,38H,2,11-12,18-21H2,1H3,(H,40,41);1-8,11-14,26,35,37H,9-10,16-19H2,(H,39,40)/t29-;28-;26-/m111/s1. The molecule has 0 bridgehead atoms. The highest BCUT2D eigenvalue weighted by atomic mass is 35.5. The van der Waals surface area contributed by atoms with Crippen LogP contribution in [0.1, 0.15) is 105 Å². The Morgan fingerprint density at radius 2 is 0.681 bits per heavy atom. The lowest BCUT2D eigenvalue weighted by atomic mass is 9.98. The number of halogens is 1. The zero-order chi connectivity index (χ0) is 95.4. The second-order valence-electron chi connectivity index (χ2n) is 31.1. The zero-order valence-corrected chi connectivity index (χ0v) is 74.4. The lowest BCUT2D eigenvalue weighted by molar-refractivity contribution is -0.141. The molecule has 0 radical (unpaired) electrons. The second kappa shape index (κ2) is 46.9. The molecule has 696 valence electrons. The minimum atomic E-state index is -1.21. The molecule has 3 aromatic heterocycles. The maximum atomic E-state index is 13.5. The van der Waals surface area contributed by atoms with E-state index in [-0.39, 0.29) is 92.6 Å². The van der Waals surface area contributed by atoms with Crippen LogP contribution in [0.15, 0.2) is 233 Å². The van der Waals surface area contributed by atoms with Crippen molar-refractivity contribution < 1.29 is 102 Å². The van der Waals surface area contributed by atoms with Gasteiger partial charge in [0.15, 0.2) is 34.5 Å². The fourth-order valence-electron chi connectivity index (χ4n) is 14.4. The minimum absolute atomic E-state index is 0.00775. The molecule has 9 N–H and O–H groups in total. The molecular weight excluding hydrogens is 1760 g/mol. The van der Waals surface area contributed by atoms with Crippen LogP contribution in [0.2, 0.25) is 5.02 Å². The number of carboxylic acids is 3. The van der Waals surface area contributed by atoms with E-state index in [2.05, 4.69) is 34.2 Å². The van der Waals surface area contributed by atoms with Crippen molar-refractivity contribution in [3.8, 4) is 104 Å². The molecule has 3 aliphatic rings. The monoisotopic (exact) mass is 1850 g/mol. The number of nitriles is 3. The summed E-state index contributed by atoms with van der Waals surface area (Å²) in [5.41, 5.74) is 9.58. The van der Waals surface area contributed by atoms with Crippen molar-refractivity contribution in [3.05, 3.63) is 333 Å². The Hall–Kier alpha value is -15.6. The van der Waals surface area contributed by atoms with Crippen molar-refractivity contribution in [1.82, 2.24) is 29.7 Å². The third kappa shape index (κ3) is 25.4. The molecule has 0 amide bonds. The summed E-state index contributed by atoms with van der Waals surface area (Å²) in [6.07, 6.45) is 5.60. The third-order valence-electron chi connectivity index (χ3n) is 21.6. The highest BCUT2D eigenvalue weighted by molar-refractivity contribution is 6.32. The number of pyridine rings is 3. The first-order chi connectivity index (χ1) is 65.5. The third-order valence-corrected chi connectivity index (χ3v) is 21.9. The van der Waals surface area contributed by atoms with Gasteiger partial charge in [-0.05, 0) is 168 Å². The van der Waals surface area contributed by atoms with Crippen molar-refractivity contribution >= 4 is 29.5 Å². The Kier molecular flexibility index (Phi) is 33.7. The van der Waals surface area contributed by atoms with Gasteiger partial charge in [0.2, 0.25) is 0 Å². The number of ether oxygens (including phenoxy) is 12. The van der Waals surface area contributed by atoms with Crippen molar-refractivity contribution in [2.75, 3.05) is 59.5 Å². The van der Waals surface area contributed by atoms with Gasteiger partial charge in [-0.1, -0.05) is 68.8 Å². The first kappa shape index (κ1) is 96.9. The van der Waals surface area contributed by atoms with Gasteiger partial charge < -0.3 is 87.5 Å². The van der Waals surface area contributed by atoms with Crippen LogP contribution in [0, 0.1) is 34.0 Å². The summed E-state index contributed by atoms with van der Waals surface area (Å²) >= 11 is 6.55. The number of rotatable bonds is 38. The zero-order valence-electron chi connectivity index (χ0n) is 73.6. The van der Waals surface area contributed by atoms with Crippen LogP contribution in [0.3, 0.4) is 0 Å². The summed E-state index contributed by atoms with van der Waals surface area (Å²) in [5, 5.41) is 92.9. The molecule has 0 spiro atoms. The normalized spacial score (nSPS) is 12.7. The summed E-state index contributed by atoms with van der Waals surface area (Å²) in [5.74, 6) is 2.50. The van der Waals surface area contributed by atoms with E-state index in [0.717, 1.165) is 27.8 Å². The number of nitrogens with one attached hydrogen (secondary N) is 3. The van der Waals surface area contributed by atoms with Crippen molar-refractivity contribution in [2.24, 2.45) is 0 Å². The van der Waals surface area contributed by atoms with Gasteiger partial charge in [0.1, 0.15) is 132 Å². The molecule has 6 heterocycles. The lowest BCUT2D eigenvalue weighted by Crippen LogP contribution is -2.39. The first-order valence-electron chi connectivity index (χ1n) is 42.9. The SMILES string of the molecule is CC(C)c1cc(CN[C@H](CO)C(=O)O)c(OCc2cccc(C#N)c2)cc1OCc1cccn(-c2ccc3c(c2)OCCO3)c1=O.CCc1cc(CN[C@H](CO)C(=O)O)c(OCc2cccc(C#N)c2)cc1OCc1cccn(-c2ccc3c(c2)OCCO3)c1=O.N#Cc1cccc(COc2cc(OCc3cccn(-c4ccc5c(c4)OCCO5)c3=O)c(Cl)cc2CN[C@H](CO)C(=O)O)c1. The van der Waals surface area contributed by atoms with E-state index >= 15 is 0 Å². The van der Waals surface area contributed by atoms with Crippen LogP contribution in [0.4, 0.5) is 0 Å². The molecule has 0 unspecified atom stereocenters. The van der Waals surface area contributed by atoms with Crippen LogP contribution in [-0.2, 0) is 80.1 Å². The van der Waals surface area contributed by atoms with E-state index in [0.29, 0.717) is 176 Å². The number of hydrogen-bond acceptors (Lipinski definition) is 27. The van der Waals surface area contributed by atoms with Crippen molar-refractivity contribution in [3.63, 3.8) is 0 Å². The van der Waals surface area contributed by atoms with Gasteiger partial charge in [0, 0.05) is 91.3 Å². The van der Waals surface area contributed by atoms with Gasteiger partial charge in [-0.2, -0.15) is 15.8 Å². The molecule has 3 aliphatic heterocycles. The number of nitrogens with zero attached hydrogens (tertiary/aromatic N) is 6. The molecular formula is C101H96ClN9O24. The number of hydrogen-bond donors (Lipinski definition) is 9. The number of carbonyl (C=O) groups is 3. The Bertz CT molecular complexity index is 6600. The van der Waals surface area contributed by atoms with Crippen LogP contribution >= 0.6 is 11.6 Å². The Morgan fingerprint density at radius 3 is 1.02 bits per heavy atom. The first-order valence-corrected chi connectivity index (χ1v) is 43.3. The number of aryl methyl sites for hydroxylation is 1. The van der Waals surface area contributed by atoms with Gasteiger partial charge in [-0.25, -0.2) is 0 Å². The van der Waals surface area contributed by atoms with E-state index in [4.69, 9.17) is 68.4 Å². The number of carboxylic acid groups (broad SMARTS) is 3. The highest BCUT2D eigenvalue weighted by Crippen LogP contribution is 2.40. The number of aliphatic hydroxyl groups is 3. The predicted octanol–water partition coefficient (Wildman–Crippen LogP) is 11.9. The Labute approximate surface area is 779 Å². The van der Waals surface area contributed by atoms with Crippen LogP contribution in [0.25, 0.3) is 17.1 Å². The molecule has 33 nitrogen and oxygen atoms in total. The summed E-state index contributed by atoms with van der Waals surface area (Å²) < 4.78 is 75.2. The number of aliphatic hydroxyl groups excluding tert-OH is 3. The molecule has 0 aliphatic carbocycles. The molecule has 9 aromatic carbocycles. The molecule has 34 heteroatoms. The average molecular weight is 1860 g/mol. The molecule has 135 heavy (non-hydrogen) atoms. The minimum Gasteiger partial charge on any atom is -0.488 e. The van der Waals surface area contributed by atoms with Crippen molar-refractivity contribution in [2.45, 2.75) is 111 Å². The topological polar surface area (TPSA) is 457 Å². The quantitative estimate of drug-likeness (QED) is 0.0173. The fourth-order valence-corrected chi connectivity index (χ4v) is 14.6. The maximum absolute atomic E-state index is 13.5. The lowest BCUT2D eigenvalue weighted by Gasteiger charge is -2.21. The Balaban J connectivity index is 0.000000172. The van der Waals surface area contributed by atoms with E-state index in [1.165, 1.54) is 13.7 Å². The van der Waals surface area contributed by atoms with Crippen molar-refractivity contribution in [1.29, 1.82) is 15.8 Å². The van der Waals surface area contributed by atoms with Gasteiger partial charge in [0.05, 0.1) is 93.5 Å². The molecule has 12 aromatic rings. The fraction of sp³-hybridized carbons (Fsp3) is 0.257. The molecule has 3 atom stereocenters. The highest BCUT2D eigenvalue weighted by Gasteiger charge is 2.26. The number of fused-ring (bicyclic) bond motifs is 3. The maximum Gasteiger partial charge on any atom is 0.323 e. The van der Waals surface area contributed by atoms with E-state index in [1.54, 1.807) is 195 Å². The van der Waals surface area contributed by atoms with Crippen LogP contribution in [-0.4, -0.2) is 140 Å². The summed E-state index contributed by atoms with van der Waals surface area (Å²) in [6.45, 7) is 7.40. The van der Waals surface area contributed by atoms with Gasteiger partial charge in [-0.15, -0.1) is 0 Å². The molecule has 0 saturated heterocycles. The van der Waals surface area contributed by atoms with E-state index < -0.39 is 55.9 Å². The summed E-state index contributed by atoms with van der Waals surface area (Å²) in [4.78, 5) is 74.7. The van der Waals surface area contributed by atoms with E-state index in [9.17, 15) is 75.2 Å². The molecule has 0 saturated carbocycles. The van der Waals surface area contributed by atoms with Gasteiger partial charge in [-0.3, -0.25) is 58.4 Å². The largest absolute Gasteiger partial charge is 0.488 e. The number of benzene rings is 9. The Morgan fingerprint density at radius 1 is 0.370 bits per heavy atom. The van der Waals surface area contributed by atoms with Gasteiger partial charge in [0.25, 0.3) is 16.7 Å². The second-order valence-corrected chi connectivity index (χ2v) is 31.5. The van der Waals surface area contributed by atoms with Crippen LogP contribution < -0.4 is 89.5 Å². The molecule has 15 rings (SSSR count). The van der Waals surface area contributed by atoms with E-state index in [1.807, 2.05) is 45.0 Å².